The topological polar surface area (TPSA) is 100 Å². The van der Waals surface area contributed by atoms with Gasteiger partial charge in [-0.05, 0) is 38.8 Å². The molecule has 1 fully saturated rings. The molecule has 2 rings (SSSR count). The molecule has 1 aliphatic rings. The molecule has 0 aromatic carbocycles. The number of H-pyrrole nitrogens is 1. The van der Waals surface area contributed by atoms with Crippen LogP contribution in [0.25, 0.3) is 0 Å². The van der Waals surface area contributed by atoms with E-state index in [2.05, 4.69) is 15.6 Å². The fourth-order valence-corrected chi connectivity index (χ4v) is 2.33. The number of aromatic amines is 1. The van der Waals surface area contributed by atoms with E-state index in [0.717, 1.165) is 25.9 Å². The number of piperidine rings is 1. The first-order valence-corrected chi connectivity index (χ1v) is 6.42. The molecule has 1 aliphatic heterocycles. The highest BCUT2D eigenvalue weighted by molar-refractivity contribution is 5.93. The van der Waals surface area contributed by atoms with Crippen LogP contribution in [-0.2, 0) is 0 Å². The van der Waals surface area contributed by atoms with Gasteiger partial charge >= 0.3 is 0 Å². The standard InChI is InChI=1S/C12H18N4O3.ClH/c1-8(9-3-2-4-13-6-9)15-12(17)11-5-10(7-14-11)16(18)19;/h5,7-9,13-14H,2-4,6H2,1H3,(H,15,17);1H. The van der Waals surface area contributed by atoms with Gasteiger partial charge in [-0.1, -0.05) is 0 Å². The van der Waals surface area contributed by atoms with E-state index < -0.39 is 4.92 Å². The van der Waals surface area contributed by atoms with Crippen molar-refractivity contribution in [2.75, 3.05) is 13.1 Å². The van der Waals surface area contributed by atoms with E-state index in [1.54, 1.807) is 0 Å². The Morgan fingerprint density at radius 2 is 2.35 bits per heavy atom. The molecule has 20 heavy (non-hydrogen) atoms. The number of amides is 1. The Labute approximate surface area is 123 Å². The van der Waals surface area contributed by atoms with Gasteiger partial charge in [0, 0.05) is 12.1 Å². The van der Waals surface area contributed by atoms with Gasteiger partial charge in [0.1, 0.15) is 5.69 Å². The molecule has 1 aromatic heterocycles. The lowest BCUT2D eigenvalue weighted by Gasteiger charge is -2.28. The average Bonchev–Trinajstić information content (AvgIpc) is 2.89. The van der Waals surface area contributed by atoms with Crippen molar-refractivity contribution in [1.82, 2.24) is 15.6 Å². The van der Waals surface area contributed by atoms with Crippen LogP contribution in [0.4, 0.5) is 5.69 Å². The zero-order chi connectivity index (χ0) is 13.8. The summed E-state index contributed by atoms with van der Waals surface area (Å²) in [6.45, 7) is 3.89. The van der Waals surface area contributed by atoms with Crippen LogP contribution in [0.5, 0.6) is 0 Å². The van der Waals surface area contributed by atoms with Gasteiger partial charge in [0.25, 0.3) is 11.6 Å². The maximum atomic E-state index is 11.9. The lowest BCUT2D eigenvalue weighted by molar-refractivity contribution is -0.384. The fourth-order valence-electron chi connectivity index (χ4n) is 2.33. The summed E-state index contributed by atoms with van der Waals surface area (Å²) in [5.74, 6) is 0.105. The highest BCUT2D eigenvalue weighted by Gasteiger charge is 2.23. The van der Waals surface area contributed by atoms with E-state index in [9.17, 15) is 14.9 Å². The molecule has 2 unspecified atom stereocenters. The first-order chi connectivity index (χ1) is 9.08. The molecule has 1 saturated heterocycles. The van der Waals surface area contributed by atoms with E-state index in [-0.39, 0.29) is 35.7 Å². The van der Waals surface area contributed by atoms with Gasteiger partial charge in [-0.15, -0.1) is 12.4 Å². The molecule has 0 bridgehead atoms. The van der Waals surface area contributed by atoms with Crippen molar-refractivity contribution < 1.29 is 9.72 Å². The molecule has 0 saturated carbocycles. The first kappa shape index (κ1) is 16.5. The van der Waals surface area contributed by atoms with Gasteiger partial charge in [-0.2, -0.15) is 0 Å². The van der Waals surface area contributed by atoms with Crippen molar-refractivity contribution in [1.29, 1.82) is 0 Å². The summed E-state index contributed by atoms with van der Waals surface area (Å²) in [5.41, 5.74) is 0.124. The van der Waals surface area contributed by atoms with Crippen molar-refractivity contribution in [2.45, 2.75) is 25.8 Å². The second kappa shape index (κ2) is 7.25. The van der Waals surface area contributed by atoms with Crippen LogP contribution in [0.3, 0.4) is 0 Å². The van der Waals surface area contributed by atoms with Crippen LogP contribution in [0.15, 0.2) is 12.3 Å². The minimum absolute atomic E-state index is 0. The van der Waals surface area contributed by atoms with Crippen molar-refractivity contribution in [2.24, 2.45) is 5.92 Å². The van der Waals surface area contributed by atoms with E-state index in [1.807, 2.05) is 6.92 Å². The van der Waals surface area contributed by atoms with E-state index in [1.165, 1.54) is 12.3 Å². The monoisotopic (exact) mass is 302 g/mol. The van der Waals surface area contributed by atoms with Crippen LogP contribution in [0, 0.1) is 16.0 Å². The number of nitro groups is 1. The van der Waals surface area contributed by atoms with Gasteiger partial charge in [0.2, 0.25) is 0 Å². The van der Waals surface area contributed by atoms with Gasteiger partial charge in [0.15, 0.2) is 0 Å². The summed E-state index contributed by atoms with van der Waals surface area (Å²) < 4.78 is 0. The summed E-state index contributed by atoms with van der Waals surface area (Å²) in [7, 11) is 0. The Morgan fingerprint density at radius 3 is 2.90 bits per heavy atom. The van der Waals surface area contributed by atoms with Gasteiger partial charge < -0.3 is 15.6 Å². The largest absolute Gasteiger partial charge is 0.351 e. The van der Waals surface area contributed by atoms with E-state index in [0.29, 0.717) is 5.92 Å². The average molecular weight is 303 g/mol. The number of rotatable bonds is 4. The molecule has 2 heterocycles. The Morgan fingerprint density at radius 1 is 1.60 bits per heavy atom. The molecular weight excluding hydrogens is 284 g/mol. The van der Waals surface area contributed by atoms with Crippen molar-refractivity contribution in [3.63, 3.8) is 0 Å². The number of nitrogens with one attached hydrogen (secondary N) is 3. The second-order valence-corrected chi connectivity index (χ2v) is 4.90. The molecule has 0 spiro atoms. The molecule has 7 nitrogen and oxygen atoms in total. The molecule has 0 aliphatic carbocycles. The third kappa shape index (κ3) is 3.94. The molecule has 0 radical (unpaired) electrons. The Kier molecular flexibility index (Phi) is 5.97. The molecule has 1 aromatic rings. The van der Waals surface area contributed by atoms with Crippen molar-refractivity contribution >= 4 is 24.0 Å². The zero-order valence-electron chi connectivity index (χ0n) is 11.2. The number of halogens is 1. The SMILES string of the molecule is CC(NC(=O)c1cc([N+](=O)[O-])c[nH]1)C1CCCNC1.Cl. The molecule has 8 heteroatoms. The maximum Gasteiger partial charge on any atom is 0.287 e. The number of carbonyl (C=O) groups is 1. The number of carbonyl (C=O) groups excluding carboxylic acids is 1. The van der Waals surface area contributed by atoms with E-state index >= 15 is 0 Å². The normalized spacial score (nSPS) is 19.8. The molecular formula is C12H19ClN4O3. The lowest BCUT2D eigenvalue weighted by atomic mass is 9.93. The second-order valence-electron chi connectivity index (χ2n) is 4.90. The Bertz CT molecular complexity index is 471. The first-order valence-electron chi connectivity index (χ1n) is 6.42. The van der Waals surface area contributed by atoms with Gasteiger partial charge in [0.05, 0.1) is 11.1 Å². The van der Waals surface area contributed by atoms with Crippen LogP contribution in [-0.4, -0.2) is 34.9 Å². The highest BCUT2D eigenvalue weighted by Crippen LogP contribution is 2.16. The van der Waals surface area contributed by atoms with E-state index in [4.69, 9.17) is 0 Å². The smallest absolute Gasteiger partial charge is 0.287 e. The lowest BCUT2D eigenvalue weighted by Crippen LogP contribution is -2.44. The summed E-state index contributed by atoms with van der Waals surface area (Å²) in [5, 5.41) is 16.7. The minimum atomic E-state index is -0.526. The molecule has 1 amide bonds. The number of hydrogen-bond acceptors (Lipinski definition) is 4. The number of nitrogens with zero attached hydrogens (tertiary/aromatic N) is 1. The quantitative estimate of drug-likeness (QED) is 0.579. The third-order valence-corrected chi connectivity index (χ3v) is 3.52. The predicted molar refractivity (Wildman–Crippen MR) is 77.2 cm³/mol. The predicted octanol–water partition coefficient (Wildman–Crippen LogP) is 1.46. The number of hydrogen-bond donors (Lipinski definition) is 3. The fraction of sp³-hybridized carbons (Fsp3) is 0.583. The van der Waals surface area contributed by atoms with Crippen LogP contribution < -0.4 is 10.6 Å². The minimum Gasteiger partial charge on any atom is -0.351 e. The Hall–Kier alpha value is -1.60. The van der Waals surface area contributed by atoms with Crippen LogP contribution in [0.2, 0.25) is 0 Å². The zero-order valence-corrected chi connectivity index (χ0v) is 12.0. The summed E-state index contributed by atoms with van der Waals surface area (Å²) in [4.78, 5) is 24.6. The van der Waals surface area contributed by atoms with Crippen LogP contribution >= 0.6 is 12.4 Å². The Balaban J connectivity index is 0.00000200. The van der Waals surface area contributed by atoms with Crippen molar-refractivity contribution in [3.05, 3.63) is 28.1 Å². The summed E-state index contributed by atoms with van der Waals surface area (Å²) in [6, 6.07) is 1.30. The summed E-state index contributed by atoms with van der Waals surface area (Å²) in [6.07, 6.45) is 3.42. The molecule has 112 valence electrons. The third-order valence-electron chi connectivity index (χ3n) is 3.52. The highest BCUT2D eigenvalue weighted by atomic mass is 35.5. The summed E-state index contributed by atoms with van der Waals surface area (Å²) >= 11 is 0. The van der Waals surface area contributed by atoms with Crippen molar-refractivity contribution in [3.8, 4) is 0 Å². The van der Waals surface area contributed by atoms with Gasteiger partial charge in [-0.3, -0.25) is 14.9 Å². The number of aromatic nitrogens is 1. The molecule has 2 atom stereocenters. The maximum absolute atomic E-state index is 11.9. The van der Waals surface area contributed by atoms with Crippen LogP contribution in [0.1, 0.15) is 30.3 Å². The molecule has 3 N–H and O–H groups in total. The van der Waals surface area contributed by atoms with Gasteiger partial charge in [-0.25, -0.2) is 0 Å².